The zero-order valence-corrected chi connectivity index (χ0v) is 10.9. The number of nitrogens with zero attached hydrogens (tertiary/aromatic N) is 2. The third-order valence-corrected chi connectivity index (χ3v) is 2.79. The quantitative estimate of drug-likeness (QED) is 0.830. The van der Waals surface area contributed by atoms with E-state index in [0.717, 1.165) is 12.1 Å². The van der Waals surface area contributed by atoms with Gasteiger partial charge in [-0.05, 0) is 30.3 Å². The summed E-state index contributed by atoms with van der Waals surface area (Å²) in [5.74, 6) is -1.05. The van der Waals surface area contributed by atoms with E-state index in [1.54, 1.807) is 6.07 Å². The molecule has 1 aromatic carbocycles. The lowest BCUT2D eigenvalue weighted by molar-refractivity contribution is -0.141. The number of nitriles is 1. The van der Waals surface area contributed by atoms with Crippen LogP contribution in [0.5, 0.6) is 0 Å². The molecule has 1 N–H and O–H groups in total. The summed E-state index contributed by atoms with van der Waals surface area (Å²) >= 11 is 5.51. The molecule has 2 rings (SSSR count). The second-order valence-corrected chi connectivity index (χ2v) is 4.36. The topological polar surface area (TPSA) is 48.7 Å². The van der Waals surface area contributed by atoms with E-state index in [1.807, 2.05) is 0 Å². The predicted molar refractivity (Wildman–Crippen MR) is 68.6 cm³/mol. The fourth-order valence-electron chi connectivity index (χ4n) is 1.51. The predicted octanol–water partition coefficient (Wildman–Crippen LogP) is 4.51. The molecule has 0 atom stereocenters. The number of alkyl halides is 3. The van der Waals surface area contributed by atoms with Crippen LogP contribution < -0.4 is 5.32 Å². The molecule has 2 aromatic rings. The maximum absolute atomic E-state index is 13.3. The molecule has 0 saturated heterocycles. The van der Waals surface area contributed by atoms with Gasteiger partial charge in [0.05, 0.1) is 10.6 Å². The number of pyridine rings is 1. The zero-order chi connectivity index (χ0) is 15.6. The van der Waals surface area contributed by atoms with E-state index in [-0.39, 0.29) is 22.1 Å². The molecule has 0 aliphatic heterocycles. The molecule has 1 heterocycles. The average molecular weight is 316 g/mol. The maximum Gasteiger partial charge on any atom is 0.433 e. The largest absolute Gasteiger partial charge is 0.433 e. The minimum Gasteiger partial charge on any atom is -0.339 e. The Morgan fingerprint density at radius 3 is 2.48 bits per heavy atom. The van der Waals surface area contributed by atoms with Gasteiger partial charge in [0.2, 0.25) is 0 Å². The van der Waals surface area contributed by atoms with Gasteiger partial charge in [-0.1, -0.05) is 11.6 Å². The minimum atomic E-state index is -4.64. The van der Waals surface area contributed by atoms with Crippen LogP contribution in [-0.4, -0.2) is 4.98 Å². The Labute approximate surface area is 121 Å². The van der Waals surface area contributed by atoms with Crippen LogP contribution in [0.3, 0.4) is 0 Å². The highest BCUT2D eigenvalue weighted by atomic mass is 35.5. The highest BCUT2D eigenvalue weighted by Crippen LogP contribution is 2.30. The standard InChI is InChI=1S/C13H6ClF4N3/c14-9-3-2-8(5-10(9)15)20-12-7(6-19)1-4-11(21-12)13(16,17)18/h1-5H,(H,20,21). The Bertz CT molecular complexity index is 722. The van der Waals surface area contributed by atoms with E-state index in [1.165, 1.54) is 12.1 Å². The SMILES string of the molecule is N#Cc1ccc(C(F)(F)F)nc1Nc1ccc(Cl)c(F)c1. The van der Waals surface area contributed by atoms with Gasteiger partial charge < -0.3 is 5.32 Å². The van der Waals surface area contributed by atoms with Crippen LogP contribution in [0.25, 0.3) is 0 Å². The molecule has 0 aliphatic rings. The summed E-state index contributed by atoms with van der Waals surface area (Å²) in [6.45, 7) is 0. The third-order valence-electron chi connectivity index (χ3n) is 2.49. The van der Waals surface area contributed by atoms with Crippen LogP contribution in [-0.2, 0) is 6.18 Å². The maximum atomic E-state index is 13.3. The second kappa shape index (κ2) is 5.58. The number of benzene rings is 1. The van der Waals surface area contributed by atoms with Crippen LogP contribution in [0.4, 0.5) is 29.1 Å². The van der Waals surface area contributed by atoms with Crippen LogP contribution in [0.1, 0.15) is 11.3 Å². The Morgan fingerprint density at radius 2 is 1.90 bits per heavy atom. The van der Waals surface area contributed by atoms with Gasteiger partial charge in [-0.3, -0.25) is 0 Å². The number of hydrogen-bond acceptors (Lipinski definition) is 3. The molecule has 0 unspecified atom stereocenters. The van der Waals surface area contributed by atoms with Crippen molar-refractivity contribution < 1.29 is 17.6 Å². The second-order valence-electron chi connectivity index (χ2n) is 3.96. The molecule has 0 aliphatic carbocycles. The molecule has 3 nitrogen and oxygen atoms in total. The average Bonchev–Trinajstić information content (AvgIpc) is 2.42. The Kier molecular flexibility index (Phi) is 4.00. The monoisotopic (exact) mass is 315 g/mol. The molecule has 0 amide bonds. The van der Waals surface area contributed by atoms with Crippen molar-refractivity contribution in [2.75, 3.05) is 5.32 Å². The lowest BCUT2D eigenvalue weighted by Crippen LogP contribution is -2.10. The Balaban J connectivity index is 2.42. The first-order valence-corrected chi connectivity index (χ1v) is 5.89. The van der Waals surface area contributed by atoms with Gasteiger partial charge >= 0.3 is 6.18 Å². The van der Waals surface area contributed by atoms with Crippen molar-refractivity contribution >= 4 is 23.1 Å². The first kappa shape index (κ1) is 15.1. The lowest BCUT2D eigenvalue weighted by atomic mass is 10.2. The van der Waals surface area contributed by atoms with Gasteiger partial charge in [0.25, 0.3) is 0 Å². The fraction of sp³-hybridized carbons (Fsp3) is 0.0769. The van der Waals surface area contributed by atoms with E-state index in [0.29, 0.717) is 6.07 Å². The number of hydrogen-bond donors (Lipinski definition) is 1. The molecule has 0 radical (unpaired) electrons. The number of nitrogens with one attached hydrogen (secondary N) is 1. The smallest absolute Gasteiger partial charge is 0.339 e. The molecule has 0 spiro atoms. The Morgan fingerprint density at radius 1 is 1.19 bits per heavy atom. The van der Waals surface area contributed by atoms with E-state index >= 15 is 0 Å². The van der Waals surface area contributed by atoms with E-state index in [4.69, 9.17) is 16.9 Å². The third kappa shape index (κ3) is 3.41. The van der Waals surface area contributed by atoms with Gasteiger partial charge in [0, 0.05) is 5.69 Å². The molecular weight excluding hydrogens is 310 g/mol. The summed E-state index contributed by atoms with van der Waals surface area (Å²) in [6.07, 6.45) is -4.64. The summed E-state index contributed by atoms with van der Waals surface area (Å²) in [4.78, 5) is 3.35. The lowest BCUT2D eigenvalue weighted by Gasteiger charge is -2.11. The molecule has 21 heavy (non-hydrogen) atoms. The van der Waals surface area contributed by atoms with Gasteiger partial charge in [-0.15, -0.1) is 0 Å². The van der Waals surface area contributed by atoms with Crippen molar-refractivity contribution in [2.24, 2.45) is 0 Å². The molecule has 1 aromatic heterocycles. The summed E-state index contributed by atoms with van der Waals surface area (Å²) in [5, 5.41) is 11.2. The molecule has 8 heteroatoms. The van der Waals surface area contributed by atoms with Crippen molar-refractivity contribution in [3.63, 3.8) is 0 Å². The molecule has 0 bridgehead atoms. The zero-order valence-electron chi connectivity index (χ0n) is 10.2. The van der Waals surface area contributed by atoms with Gasteiger partial charge in [-0.2, -0.15) is 18.4 Å². The van der Waals surface area contributed by atoms with Crippen molar-refractivity contribution in [3.05, 3.63) is 52.4 Å². The van der Waals surface area contributed by atoms with Crippen molar-refractivity contribution in [1.29, 1.82) is 5.26 Å². The van der Waals surface area contributed by atoms with E-state index in [2.05, 4.69) is 10.3 Å². The van der Waals surface area contributed by atoms with Crippen LogP contribution in [0.2, 0.25) is 5.02 Å². The number of rotatable bonds is 2. The molecule has 108 valence electrons. The Hall–Kier alpha value is -2.33. The van der Waals surface area contributed by atoms with Crippen molar-refractivity contribution in [1.82, 2.24) is 4.98 Å². The summed E-state index contributed by atoms with van der Waals surface area (Å²) in [5.41, 5.74) is -1.13. The summed E-state index contributed by atoms with van der Waals surface area (Å²) in [7, 11) is 0. The molecule has 0 fully saturated rings. The normalized spacial score (nSPS) is 11.0. The summed E-state index contributed by atoms with van der Waals surface area (Å²) < 4.78 is 51.1. The fourth-order valence-corrected chi connectivity index (χ4v) is 1.63. The van der Waals surface area contributed by atoms with Crippen molar-refractivity contribution in [3.8, 4) is 6.07 Å². The molecular formula is C13H6ClF4N3. The van der Waals surface area contributed by atoms with E-state index < -0.39 is 17.7 Å². The number of aromatic nitrogens is 1. The van der Waals surface area contributed by atoms with Gasteiger partial charge in [0.15, 0.2) is 0 Å². The highest BCUT2D eigenvalue weighted by Gasteiger charge is 2.33. The van der Waals surface area contributed by atoms with Crippen LogP contribution >= 0.6 is 11.6 Å². The highest BCUT2D eigenvalue weighted by molar-refractivity contribution is 6.30. The minimum absolute atomic E-state index is 0.0987. The first-order chi connectivity index (χ1) is 9.81. The van der Waals surface area contributed by atoms with Crippen molar-refractivity contribution in [2.45, 2.75) is 6.18 Å². The summed E-state index contributed by atoms with van der Waals surface area (Å²) in [6, 6.07) is 6.98. The molecule has 0 saturated carbocycles. The van der Waals surface area contributed by atoms with Crippen LogP contribution in [0, 0.1) is 17.1 Å². The van der Waals surface area contributed by atoms with Gasteiger partial charge in [-0.25, -0.2) is 9.37 Å². The number of halogens is 5. The van der Waals surface area contributed by atoms with E-state index in [9.17, 15) is 17.6 Å². The van der Waals surface area contributed by atoms with Crippen LogP contribution in [0.15, 0.2) is 30.3 Å². The van der Waals surface area contributed by atoms with Gasteiger partial charge in [0.1, 0.15) is 23.4 Å². The number of anilines is 2. The first-order valence-electron chi connectivity index (χ1n) is 5.51.